The highest BCUT2D eigenvalue weighted by Crippen LogP contribution is 2.23. The molecular formula is C16H15N5O4. The summed E-state index contributed by atoms with van der Waals surface area (Å²) in [5.41, 5.74) is 7.35. The van der Waals surface area contributed by atoms with Crippen LogP contribution in [0.5, 0.6) is 0 Å². The molecule has 3 aromatic rings. The fourth-order valence-electron chi connectivity index (χ4n) is 2.57. The second-order valence-electron chi connectivity index (χ2n) is 5.46. The number of fused-ring (bicyclic) bond motifs is 1. The average Bonchev–Trinajstić information content (AvgIpc) is 3.09. The van der Waals surface area contributed by atoms with E-state index in [0.29, 0.717) is 22.5 Å². The Hall–Kier alpha value is -3.04. The normalized spacial score (nSPS) is 20.5. The van der Waals surface area contributed by atoms with Gasteiger partial charge in [0.15, 0.2) is 11.5 Å². The van der Waals surface area contributed by atoms with Crippen molar-refractivity contribution in [2.24, 2.45) is 0 Å². The minimum atomic E-state index is -1.04. The van der Waals surface area contributed by atoms with Crippen LogP contribution in [0.1, 0.15) is 16.4 Å². The number of anilines is 1. The molecule has 2 N–H and O–H groups in total. The number of nitrogens with zero attached hydrogens (tertiary/aromatic N) is 4. The lowest BCUT2D eigenvalue weighted by Gasteiger charge is -2.29. The number of imidazole rings is 1. The third-order valence-electron chi connectivity index (χ3n) is 3.84. The molecule has 0 radical (unpaired) electrons. The monoisotopic (exact) mass is 341 g/mol. The molecule has 0 spiro atoms. The van der Waals surface area contributed by atoms with Crippen molar-refractivity contribution in [1.29, 1.82) is 0 Å². The molecule has 4 rings (SSSR count). The van der Waals surface area contributed by atoms with Crippen molar-refractivity contribution < 1.29 is 19.0 Å². The van der Waals surface area contributed by atoms with E-state index in [1.807, 2.05) is 10.6 Å². The van der Waals surface area contributed by atoms with E-state index >= 15 is 0 Å². The maximum Gasteiger partial charge on any atom is 0.342 e. The number of carbonyl (C=O) groups excluding carboxylic acids is 1. The maximum absolute atomic E-state index is 12.0. The Bertz CT molecular complexity index is 890. The van der Waals surface area contributed by atoms with Gasteiger partial charge < -0.3 is 24.5 Å². The molecule has 3 heterocycles. The van der Waals surface area contributed by atoms with Crippen molar-refractivity contribution in [2.45, 2.75) is 12.5 Å². The highest BCUT2D eigenvalue weighted by molar-refractivity contribution is 5.89. The number of esters is 1. The summed E-state index contributed by atoms with van der Waals surface area (Å²) in [6.07, 6.45) is 2.99. The summed E-state index contributed by atoms with van der Waals surface area (Å²) in [6, 6.07) is 8.50. The Morgan fingerprint density at radius 1 is 1.16 bits per heavy atom. The van der Waals surface area contributed by atoms with Crippen molar-refractivity contribution in [3.8, 4) is 0 Å². The van der Waals surface area contributed by atoms with Gasteiger partial charge in [-0.1, -0.05) is 18.2 Å². The molecule has 1 saturated heterocycles. The van der Waals surface area contributed by atoms with Crippen molar-refractivity contribution >= 4 is 23.0 Å². The van der Waals surface area contributed by atoms with E-state index in [1.165, 1.54) is 6.33 Å². The van der Waals surface area contributed by atoms with Gasteiger partial charge in [0.1, 0.15) is 11.8 Å². The van der Waals surface area contributed by atoms with Gasteiger partial charge in [-0.3, -0.25) is 0 Å². The van der Waals surface area contributed by atoms with Gasteiger partial charge in [-0.2, -0.15) is 0 Å². The molecule has 9 nitrogen and oxygen atoms in total. The fourth-order valence-corrected chi connectivity index (χ4v) is 2.57. The van der Waals surface area contributed by atoms with E-state index in [2.05, 4.69) is 15.0 Å². The average molecular weight is 341 g/mol. The van der Waals surface area contributed by atoms with Crippen LogP contribution in [0.2, 0.25) is 0 Å². The summed E-state index contributed by atoms with van der Waals surface area (Å²) >= 11 is 0. The number of rotatable bonds is 3. The van der Waals surface area contributed by atoms with Crippen LogP contribution < -0.4 is 5.73 Å². The van der Waals surface area contributed by atoms with Gasteiger partial charge >= 0.3 is 12.4 Å². The topological polar surface area (TPSA) is 114 Å². The molecule has 1 aliphatic heterocycles. The van der Waals surface area contributed by atoms with Gasteiger partial charge in [0, 0.05) is 0 Å². The van der Waals surface area contributed by atoms with Crippen LogP contribution in [-0.4, -0.2) is 45.2 Å². The first kappa shape index (κ1) is 15.5. The largest absolute Gasteiger partial charge is 0.407 e. The Morgan fingerprint density at radius 3 is 2.68 bits per heavy atom. The first-order chi connectivity index (χ1) is 12.2. The van der Waals surface area contributed by atoms with E-state index in [1.54, 1.807) is 30.6 Å². The highest BCUT2D eigenvalue weighted by atomic mass is 16.9. The lowest BCUT2D eigenvalue weighted by atomic mass is 10.2. The molecule has 1 aromatic carbocycles. The predicted octanol–water partition coefficient (Wildman–Crippen LogP) is 1.14. The minimum absolute atomic E-state index is 0.161. The second kappa shape index (κ2) is 6.46. The van der Waals surface area contributed by atoms with Gasteiger partial charge in [-0.15, -0.1) is 0 Å². The standard InChI is InChI=1S/C16H15N5O4/c17-13-12-14(19-8-18-13)21(9-20-12)11-6-23-16(24-7-11)25-15(22)10-4-2-1-3-5-10/h1-5,8-9,11,16H,6-7H2,(H2,17,18,19). The van der Waals surface area contributed by atoms with Crippen LogP contribution >= 0.6 is 0 Å². The molecule has 0 aliphatic carbocycles. The SMILES string of the molecule is Nc1ncnc2c1ncn2C1COC(OC(=O)c2ccccc2)OC1. The molecule has 128 valence electrons. The van der Waals surface area contributed by atoms with Gasteiger partial charge in [0.25, 0.3) is 0 Å². The van der Waals surface area contributed by atoms with Crippen LogP contribution in [0, 0.1) is 0 Å². The number of ether oxygens (including phenoxy) is 3. The van der Waals surface area contributed by atoms with E-state index in [9.17, 15) is 4.79 Å². The van der Waals surface area contributed by atoms with Crippen molar-refractivity contribution in [3.63, 3.8) is 0 Å². The number of nitrogens with two attached hydrogens (primary N) is 1. The lowest BCUT2D eigenvalue weighted by Crippen LogP contribution is -2.36. The predicted molar refractivity (Wildman–Crippen MR) is 86.3 cm³/mol. The molecule has 0 atom stereocenters. The zero-order valence-electron chi connectivity index (χ0n) is 13.1. The number of benzene rings is 1. The zero-order chi connectivity index (χ0) is 17.2. The zero-order valence-corrected chi connectivity index (χ0v) is 13.1. The maximum atomic E-state index is 12.0. The number of hydrogen-bond donors (Lipinski definition) is 1. The van der Waals surface area contributed by atoms with E-state index in [0.717, 1.165) is 0 Å². The van der Waals surface area contributed by atoms with Crippen molar-refractivity contribution in [2.75, 3.05) is 18.9 Å². The fraction of sp³-hybridized carbons (Fsp3) is 0.250. The highest BCUT2D eigenvalue weighted by Gasteiger charge is 2.28. The van der Waals surface area contributed by atoms with Crippen molar-refractivity contribution in [3.05, 3.63) is 48.5 Å². The molecule has 25 heavy (non-hydrogen) atoms. The molecule has 1 aliphatic rings. The van der Waals surface area contributed by atoms with E-state index < -0.39 is 12.4 Å². The van der Waals surface area contributed by atoms with Crippen LogP contribution in [-0.2, 0) is 14.2 Å². The molecule has 0 bridgehead atoms. The Labute approximate surface area is 142 Å². The summed E-state index contributed by atoms with van der Waals surface area (Å²) < 4.78 is 18.0. The van der Waals surface area contributed by atoms with Gasteiger partial charge in [-0.05, 0) is 12.1 Å². The smallest absolute Gasteiger partial charge is 0.342 e. The molecule has 0 amide bonds. The summed E-state index contributed by atoms with van der Waals surface area (Å²) in [4.78, 5) is 24.3. The summed E-state index contributed by atoms with van der Waals surface area (Å²) in [6.45, 7) is -0.483. The quantitative estimate of drug-likeness (QED) is 0.705. The second-order valence-corrected chi connectivity index (χ2v) is 5.46. The Kier molecular flexibility index (Phi) is 4.00. The molecular weight excluding hydrogens is 326 g/mol. The molecule has 0 unspecified atom stereocenters. The van der Waals surface area contributed by atoms with Gasteiger partial charge in [-0.25, -0.2) is 19.7 Å². The Morgan fingerprint density at radius 2 is 1.92 bits per heavy atom. The summed E-state index contributed by atoms with van der Waals surface area (Å²) in [5.74, 6) is -0.186. The molecule has 1 fully saturated rings. The number of hydrogen-bond acceptors (Lipinski definition) is 8. The van der Waals surface area contributed by atoms with Crippen molar-refractivity contribution in [1.82, 2.24) is 19.5 Å². The summed E-state index contributed by atoms with van der Waals surface area (Å²) in [7, 11) is 0. The minimum Gasteiger partial charge on any atom is -0.407 e. The van der Waals surface area contributed by atoms with Crippen LogP contribution in [0.3, 0.4) is 0 Å². The number of carbonyl (C=O) groups is 1. The molecule has 9 heteroatoms. The summed E-state index contributed by atoms with van der Waals surface area (Å²) in [5, 5.41) is 0. The first-order valence-electron chi connectivity index (χ1n) is 7.64. The van der Waals surface area contributed by atoms with E-state index in [4.69, 9.17) is 19.9 Å². The van der Waals surface area contributed by atoms with E-state index in [-0.39, 0.29) is 19.3 Å². The van der Waals surface area contributed by atoms with Crippen LogP contribution in [0.4, 0.5) is 5.82 Å². The van der Waals surface area contributed by atoms with Crippen LogP contribution in [0.15, 0.2) is 43.0 Å². The number of nitrogen functional groups attached to an aromatic ring is 1. The van der Waals surface area contributed by atoms with Gasteiger partial charge in [0.05, 0.1) is 31.1 Å². The Balaban J connectivity index is 1.41. The molecule has 0 saturated carbocycles. The third kappa shape index (κ3) is 3.02. The third-order valence-corrected chi connectivity index (χ3v) is 3.84. The van der Waals surface area contributed by atoms with Crippen LogP contribution in [0.25, 0.3) is 11.2 Å². The molecule has 2 aromatic heterocycles. The lowest BCUT2D eigenvalue weighted by molar-refractivity contribution is -0.296. The van der Waals surface area contributed by atoms with Gasteiger partial charge in [0.2, 0.25) is 0 Å². The first-order valence-corrected chi connectivity index (χ1v) is 7.64. The number of aromatic nitrogens is 4.